The topological polar surface area (TPSA) is 156 Å². The second-order valence-corrected chi connectivity index (χ2v) is 8.43. The molecule has 13 nitrogen and oxygen atoms in total. The van der Waals surface area contributed by atoms with Gasteiger partial charge in [-0.2, -0.15) is 13.2 Å². The van der Waals surface area contributed by atoms with Gasteiger partial charge in [-0.1, -0.05) is 5.16 Å². The van der Waals surface area contributed by atoms with Crippen molar-refractivity contribution >= 4 is 22.9 Å². The molecule has 0 saturated heterocycles. The quantitative estimate of drug-likeness (QED) is 0.340. The first-order valence-electron chi connectivity index (χ1n) is 11.3. The summed E-state index contributed by atoms with van der Waals surface area (Å²) in [6.45, 7) is 1.37. The van der Waals surface area contributed by atoms with Crippen LogP contribution in [-0.4, -0.2) is 44.7 Å². The van der Waals surface area contributed by atoms with Gasteiger partial charge >= 0.3 is 11.9 Å². The summed E-state index contributed by atoms with van der Waals surface area (Å²) in [6, 6.07) is 2.54. The third-order valence-electron chi connectivity index (χ3n) is 5.90. The highest BCUT2D eigenvalue weighted by Crippen LogP contribution is 2.28. The predicted molar refractivity (Wildman–Crippen MR) is 128 cm³/mol. The van der Waals surface area contributed by atoms with Crippen molar-refractivity contribution in [1.82, 2.24) is 38.8 Å². The Hall–Kier alpha value is -5.15. The third-order valence-corrected chi connectivity index (χ3v) is 5.90. The largest absolute Gasteiger partial charge is 0.433 e. The summed E-state index contributed by atoms with van der Waals surface area (Å²) in [5, 5.41) is 6.31. The van der Waals surface area contributed by atoms with E-state index in [1.54, 1.807) is 0 Å². The number of imidazole rings is 1. The van der Waals surface area contributed by atoms with Gasteiger partial charge in [0.05, 0.1) is 31.0 Å². The van der Waals surface area contributed by atoms with Crippen LogP contribution in [0.25, 0.3) is 22.4 Å². The Morgan fingerprint density at radius 1 is 1.13 bits per heavy atom. The summed E-state index contributed by atoms with van der Waals surface area (Å²) in [4.78, 5) is 54.9. The molecule has 5 aromatic heterocycles. The van der Waals surface area contributed by atoms with Crippen molar-refractivity contribution in [1.29, 1.82) is 0 Å². The number of aryl methyl sites for hydroxylation is 1. The van der Waals surface area contributed by atoms with Gasteiger partial charge in [-0.3, -0.25) is 28.7 Å². The van der Waals surface area contributed by atoms with Crippen LogP contribution in [0.1, 0.15) is 24.4 Å². The number of halogens is 3. The van der Waals surface area contributed by atoms with Gasteiger partial charge in [0.2, 0.25) is 5.91 Å². The van der Waals surface area contributed by atoms with Crippen molar-refractivity contribution in [2.24, 2.45) is 7.05 Å². The number of pyridine rings is 1. The van der Waals surface area contributed by atoms with E-state index < -0.39 is 35.1 Å². The number of carbonyl (C=O) groups excluding carboxylic acids is 1. The molecule has 0 fully saturated rings. The number of anilines is 1. The normalized spacial score (nSPS) is 12.5. The molecule has 1 amide bonds. The molecule has 200 valence electrons. The van der Waals surface area contributed by atoms with Crippen LogP contribution in [0.3, 0.4) is 0 Å². The third kappa shape index (κ3) is 4.78. The molecule has 1 N–H and O–H groups in total. The molecule has 0 bridgehead atoms. The smallest absolute Gasteiger partial charge is 0.364 e. The maximum atomic E-state index is 13.3. The average Bonchev–Trinajstić information content (AvgIpc) is 3.60. The number of nitrogens with zero attached hydrogens (tertiary/aromatic N) is 8. The fraction of sp³-hybridized carbons (Fsp3) is 0.217. The molecular weight excluding hydrogens is 523 g/mol. The van der Waals surface area contributed by atoms with Crippen molar-refractivity contribution in [2.45, 2.75) is 25.7 Å². The summed E-state index contributed by atoms with van der Waals surface area (Å²) >= 11 is 0. The van der Waals surface area contributed by atoms with E-state index >= 15 is 0 Å². The van der Waals surface area contributed by atoms with Crippen LogP contribution in [0.15, 0.2) is 63.5 Å². The number of rotatable bonds is 6. The number of hydrogen-bond acceptors (Lipinski definition) is 9. The van der Waals surface area contributed by atoms with Gasteiger partial charge in [-0.15, -0.1) is 0 Å². The molecule has 5 aromatic rings. The first kappa shape index (κ1) is 25.5. The van der Waals surface area contributed by atoms with Crippen LogP contribution in [-0.2, 0) is 24.6 Å². The summed E-state index contributed by atoms with van der Waals surface area (Å²) in [5.74, 6) is -0.577. The summed E-state index contributed by atoms with van der Waals surface area (Å²) in [5.41, 5.74) is -1.46. The lowest BCUT2D eigenvalue weighted by Crippen LogP contribution is -2.40. The highest BCUT2D eigenvalue weighted by Gasteiger charge is 2.32. The highest BCUT2D eigenvalue weighted by atomic mass is 19.4. The zero-order chi connectivity index (χ0) is 27.9. The van der Waals surface area contributed by atoms with E-state index in [-0.39, 0.29) is 34.8 Å². The number of hydrogen-bond donors (Lipinski definition) is 1. The Labute approximate surface area is 215 Å². The van der Waals surface area contributed by atoms with Crippen LogP contribution in [0.4, 0.5) is 19.0 Å². The Bertz CT molecular complexity index is 1790. The fourth-order valence-electron chi connectivity index (χ4n) is 3.84. The lowest BCUT2D eigenvalue weighted by molar-refractivity contribution is -0.141. The monoisotopic (exact) mass is 541 g/mol. The van der Waals surface area contributed by atoms with Crippen molar-refractivity contribution in [3.05, 3.63) is 81.6 Å². The Morgan fingerprint density at radius 2 is 1.92 bits per heavy atom. The number of nitrogens with one attached hydrogen (secondary N) is 1. The minimum absolute atomic E-state index is 0.0129. The van der Waals surface area contributed by atoms with Crippen LogP contribution >= 0.6 is 0 Å². The number of aromatic nitrogens is 8. The Balaban J connectivity index is 1.43. The summed E-state index contributed by atoms with van der Waals surface area (Å²) < 4.78 is 46.6. The van der Waals surface area contributed by atoms with Crippen molar-refractivity contribution < 1.29 is 22.5 Å². The lowest BCUT2D eigenvalue weighted by atomic mass is 10.2. The van der Waals surface area contributed by atoms with Crippen LogP contribution in [0, 0.1) is 0 Å². The first-order chi connectivity index (χ1) is 18.5. The van der Waals surface area contributed by atoms with Crippen LogP contribution < -0.4 is 16.6 Å². The van der Waals surface area contributed by atoms with E-state index in [0.29, 0.717) is 5.69 Å². The highest BCUT2D eigenvalue weighted by molar-refractivity contribution is 5.93. The van der Waals surface area contributed by atoms with Gasteiger partial charge in [0, 0.05) is 24.9 Å². The standard InChI is InChI=1S/C23H18F3N9O4/c1-12(20(36)31-17-9-27-8-15(30-17)13-3-4-16(28-7-13)23(24,25)26)35-11-29-19-18(35)21(37)34(22(38)33(19)2)10-14-5-6-39-32-14/h3-9,11-12H,10H2,1-2H3,(H,30,31,36). The minimum atomic E-state index is -4.58. The van der Waals surface area contributed by atoms with Crippen molar-refractivity contribution in [2.75, 3.05) is 5.32 Å². The van der Waals surface area contributed by atoms with Gasteiger partial charge in [0.25, 0.3) is 5.56 Å². The van der Waals surface area contributed by atoms with Gasteiger partial charge in [-0.25, -0.2) is 14.8 Å². The molecule has 0 aliphatic heterocycles. The fourth-order valence-corrected chi connectivity index (χ4v) is 3.84. The van der Waals surface area contributed by atoms with E-state index in [0.717, 1.165) is 16.8 Å². The van der Waals surface area contributed by atoms with Crippen LogP contribution in [0.5, 0.6) is 0 Å². The minimum Gasteiger partial charge on any atom is -0.364 e. The van der Waals surface area contributed by atoms with E-state index in [1.165, 1.54) is 60.2 Å². The molecule has 0 aliphatic rings. The molecule has 16 heteroatoms. The molecule has 0 saturated carbocycles. The average molecular weight is 541 g/mol. The van der Waals surface area contributed by atoms with Gasteiger partial charge in [0.1, 0.15) is 23.7 Å². The van der Waals surface area contributed by atoms with Gasteiger partial charge < -0.3 is 14.4 Å². The van der Waals surface area contributed by atoms with E-state index in [9.17, 15) is 27.6 Å². The molecule has 5 rings (SSSR count). The summed E-state index contributed by atoms with van der Waals surface area (Å²) in [6.07, 6.45) is 1.57. The first-order valence-corrected chi connectivity index (χ1v) is 11.3. The number of carbonyl (C=O) groups is 1. The molecule has 0 radical (unpaired) electrons. The van der Waals surface area contributed by atoms with Gasteiger partial charge in [-0.05, 0) is 19.1 Å². The van der Waals surface area contributed by atoms with Crippen molar-refractivity contribution in [3.63, 3.8) is 0 Å². The zero-order valence-corrected chi connectivity index (χ0v) is 20.2. The Morgan fingerprint density at radius 3 is 2.59 bits per heavy atom. The predicted octanol–water partition coefficient (Wildman–Crippen LogP) is 2.00. The SMILES string of the molecule is CC(C(=O)Nc1cncc(-c2ccc(C(F)(F)F)nc2)n1)n1cnc2c1c(=O)n(Cc1ccon1)c(=O)n2C. The Kier molecular flexibility index (Phi) is 6.29. The number of fused-ring (bicyclic) bond motifs is 1. The molecule has 1 atom stereocenters. The molecule has 0 aromatic carbocycles. The molecule has 39 heavy (non-hydrogen) atoms. The summed E-state index contributed by atoms with van der Waals surface area (Å²) in [7, 11) is 1.45. The maximum Gasteiger partial charge on any atom is 0.433 e. The molecule has 0 spiro atoms. The lowest BCUT2D eigenvalue weighted by Gasteiger charge is -2.15. The molecular formula is C23H18F3N9O4. The molecule has 5 heterocycles. The number of amides is 1. The maximum absolute atomic E-state index is 13.3. The number of alkyl halides is 3. The molecule has 1 unspecified atom stereocenters. The van der Waals surface area contributed by atoms with Crippen LogP contribution in [0.2, 0.25) is 0 Å². The second-order valence-electron chi connectivity index (χ2n) is 8.43. The molecule has 0 aliphatic carbocycles. The second kappa shape index (κ2) is 9.62. The zero-order valence-electron chi connectivity index (χ0n) is 20.2. The van der Waals surface area contributed by atoms with E-state index in [1.807, 2.05) is 0 Å². The van der Waals surface area contributed by atoms with Crippen molar-refractivity contribution in [3.8, 4) is 11.3 Å². The van der Waals surface area contributed by atoms with E-state index in [4.69, 9.17) is 4.52 Å². The van der Waals surface area contributed by atoms with Gasteiger partial charge in [0.15, 0.2) is 17.0 Å². The van der Waals surface area contributed by atoms with E-state index in [2.05, 4.69) is 30.4 Å².